The second kappa shape index (κ2) is 18.8. The van der Waals surface area contributed by atoms with Crippen LogP contribution in [0.3, 0.4) is 0 Å². The molecule has 5 saturated carbocycles. The van der Waals surface area contributed by atoms with E-state index < -0.39 is 77.1 Å². The molecule has 2 heterocycles. The maximum atomic E-state index is 14.0. The monoisotopic (exact) mass is 971 g/mol. The Kier molecular flexibility index (Phi) is 12.9. The van der Waals surface area contributed by atoms with Gasteiger partial charge in [-0.25, -0.2) is 0 Å². The minimum Gasteiger partial charge on any atom is -0.481 e. The van der Waals surface area contributed by atoms with Crippen molar-refractivity contribution in [2.45, 2.75) is 127 Å². The first-order valence-corrected chi connectivity index (χ1v) is 24.9. The maximum Gasteiger partial charge on any atom is 0.303 e. The Morgan fingerprint density at radius 3 is 2.34 bits per heavy atom. The van der Waals surface area contributed by atoms with Crippen molar-refractivity contribution >= 4 is 35.3 Å². The first kappa shape index (κ1) is 48.5. The standard InChI is InChI=1S/C53H61N7O11/c1-50-16-15-36(62)19-34(50)11-12-37-38-20-42-53(41(64)27-61,51(38,2)25-40(63)46(37)50)71-49(70-42)33-9-5-29(6-10-33)17-31-21-52(22-31)23-35(24-52)57-48(69)39(13-14-45(67)68)58-44(66)26-54-43(65)18-30-3-7-32(8-4-30)47-59-55-28-56-60-47/h3-10,15-16,19,28,31,35,37-40,42,46,49,61,63H,11-14,17-18,20-27H2,1-2H3,(H,54,65)(H,57,69)(H,58,66)(H,67,68)/t31?,35?,37-,38-,39-,40-,42+,46+,49+,50-,51-,52?,53+/m0/s1. The van der Waals surface area contributed by atoms with E-state index in [0.29, 0.717) is 35.7 Å². The molecule has 1 aliphatic heterocycles. The molecule has 6 fully saturated rings. The summed E-state index contributed by atoms with van der Waals surface area (Å²) in [5, 5.41) is 55.1. The minimum absolute atomic E-state index is 0.00179. The fourth-order valence-electron chi connectivity index (χ4n) is 14.3. The van der Waals surface area contributed by atoms with Crippen molar-refractivity contribution in [3.8, 4) is 11.4 Å². The van der Waals surface area contributed by atoms with Crippen LogP contribution in [-0.2, 0) is 51.1 Å². The van der Waals surface area contributed by atoms with E-state index in [0.717, 1.165) is 61.6 Å². The predicted molar refractivity (Wildman–Crippen MR) is 252 cm³/mol. The zero-order chi connectivity index (χ0) is 49.9. The van der Waals surface area contributed by atoms with Crippen LogP contribution in [0.5, 0.6) is 0 Å². The number of nitrogens with one attached hydrogen (secondary N) is 3. The number of allylic oxidation sites excluding steroid dienone is 4. The number of Topliss-reactive ketones (excluding diaryl/α,β-unsaturated/α-hetero) is 1. The van der Waals surface area contributed by atoms with E-state index in [9.17, 15) is 44.1 Å². The molecular weight excluding hydrogens is 911 g/mol. The normalized spacial score (nSPS) is 34.5. The molecule has 71 heavy (non-hydrogen) atoms. The molecule has 10 atom stereocenters. The van der Waals surface area contributed by atoms with Crippen molar-refractivity contribution in [2.75, 3.05) is 13.2 Å². The number of hydrogen-bond acceptors (Lipinski definition) is 14. The summed E-state index contributed by atoms with van der Waals surface area (Å²) in [6.07, 6.45) is 10.8. The van der Waals surface area contributed by atoms with Gasteiger partial charge in [-0.3, -0.25) is 28.8 Å². The highest BCUT2D eigenvalue weighted by Crippen LogP contribution is 2.70. The van der Waals surface area contributed by atoms with Gasteiger partial charge in [0.25, 0.3) is 0 Å². The Labute approximate surface area is 410 Å². The number of carboxylic acid groups (broad SMARTS) is 1. The number of carboxylic acids is 1. The van der Waals surface area contributed by atoms with Crippen LogP contribution < -0.4 is 16.0 Å². The van der Waals surface area contributed by atoms with E-state index >= 15 is 0 Å². The Hall–Kier alpha value is -6.08. The summed E-state index contributed by atoms with van der Waals surface area (Å²) in [4.78, 5) is 76.6. The van der Waals surface area contributed by atoms with Crippen LogP contribution in [0, 0.1) is 39.9 Å². The summed E-state index contributed by atoms with van der Waals surface area (Å²) >= 11 is 0. The van der Waals surface area contributed by atoms with E-state index in [-0.39, 0.29) is 60.8 Å². The molecule has 0 radical (unpaired) electrons. The second-order valence-corrected chi connectivity index (χ2v) is 21.7. The molecule has 374 valence electrons. The van der Waals surface area contributed by atoms with E-state index in [4.69, 9.17) is 9.47 Å². The average Bonchev–Trinajstić information content (AvgIpc) is 3.84. The zero-order valence-corrected chi connectivity index (χ0v) is 39.9. The lowest BCUT2D eigenvalue weighted by molar-refractivity contribution is -0.201. The van der Waals surface area contributed by atoms with Crippen molar-refractivity contribution in [1.29, 1.82) is 0 Å². The second-order valence-electron chi connectivity index (χ2n) is 21.7. The van der Waals surface area contributed by atoms with Crippen LogP contribution in [0.1, 0.15) is 101 Å². The van der Waals surface area contributed by atoms with Crippen molar-refractivity contribution < 1.29 is 53.6 Å². The van der Waals surface area contributed by atoms with Crippen LogP contribution >= 0.6 is 0 Å². The van der Waals surface area contributed by atoms with E-state index in [1.54, 1.807) is 36.4 Å². The number of fused-ring (bicyclic) bond motifs is 7. The SMILES string of the molecule is C[C@]12C=CC(=O)C=C1CC[C@@H]1[C@@H]2[C@@H](O)C[C@@]2(C)[C@H]1C[C@H]1O[C@@H](c3ccc(CC4CC5(C4)CC(NC(=O)[C@H](CCC(=O)O)NC(=O)CNC(=O)Cc4ccc(-c6nncnn6)cc4)C5)cc3)O[C@]12C(=O)CO. The van der Waals surface area contributed by atoms with E-state index in [1.165, 1.54) is 6.33 Å². The van der Waals surface area contributed by atoms with Crippen LogP contribution in [0.25, 0.3) is 11.4 Å². The number of aromatic nitrogens is 4. The summed E-state index contributed by atoms with van der Waals surface area (Å²) in [6.45, 7) is 3.07. The molecule has 1 spiro atoms. The average molecular weight is 972 g/mol. The maximum absolute atomic E-state index is 14.0. The summed E-state index contributed by atoms with van der Waals surface area (Å²) in [5.41, 5.74) is 1.82. The molecule has 3 amide bonds. The Bertz CT molecular complexity index is 2650. The first-order valence-electron chi connectivity index (χ1n) is 24.9. The number of hydrogen-bond donors (Lipinski definition) is 6. The molecule has 6 aliphatic carbocycles. The quantitative estimate of drug-likeness (QED) is 0.120. The highest BCUT2D eigenvalue weighted by Gasteiger charge is 2.76. The number of ether oxygens (including phenoxy) is 2. The molecule has 0 unspecified atom stereocenters. The van der Waals surface area contributed by atoms with Crippen LogP contribution in [0.2, 0.25) is 0 Å². The molecule has 6 N–H and O–H groups in total. The molecule has 7 aliphatic rings. The number of ketones is 2. The number of amides is 3. The van der Waals surface area contributed by atoms with Gasteiger partial charge in [-0.2, -0.15) is 0 Å². The van der Waals surface area contributed by atoms with Crippen molar-refractivity contribution in [3.05, 3.63) is 95.3 Å². The van der Waals surface area contributed by atoms with Gasteiger partial charge >= 0.3 is 5.97 Å². The van der Waals surface area contributed by atoms with Gasteiger partial charge in [0, 0.05) is 40.3 Å². The molecule has 1 saturated heterocycles. The number of aliphatic hydroxyl groups is 2. The molecule has 0 bridgehead atoms. The summed E-state index contributed by atoms with van der Waals surface area (Å²) in [6, 6.07) is 13.8. The number of carbonyl (C=O) groups excluding carboxylic acids is 5. The summed E-state index contributed by atoms with van der Waals surface area (Å²) in [5.74, 6) is -2.25. The van der Waals surface area contributed by atoms with Gasteiger partial charge in [-0.15, -0.1) is 20.4 Å². The number of aliphatic carboxylic acids is 1. The third-order valence-corrected chi connectivity index (χ3v) is 17.4. The summed E-state index contributed by atoms with van der Waals surface area (Å²) < 4.78 is 13.5. The van der Waals surface area contributed by atoms with Gasteiger partial charge in [0.05, 0.1) is 25.2 Å². The van der Waals surface area contributed by atoms with Gasteiger partial charge in [0.2, 0.25) is 23.5 Å². The first-order chi connectivity index (χ1) is 34.0. The van der Waals surface area contributed by atoms with Gasteiger partial charge in [0.15, 0.2) is 29.8 Å². The fourth-order valence-corrected chi connectivity index (χ4v) is 14.3. The predicted octanol–water partition coefficient (Wildman–Crippen LogP) is 3.46. The van der Waals surface area contributed by atoms with Crippen molar-refractivity contribution in [2.24, 2.45) is 39.9 Å². The third kappa shape index (κ3) is 8.90. The lowest BCUT2D eigenvalue weighted by atomic mass is 9.46. The molecule has 10 rings (SSSR count). The lowest BCUT2D eigenvalue weighted by Crippen LogP contribution is -2.63. The van der Waals surface area contributed by atoms with Crippen LogP contribution in [-0.4, -0.2) is 114 Å². The zero-order valence-electron chi connectivity index (χ0n) is 39.9. The smallest absolute Gasteiger partial charge is 0.303 e. The molecule has 2 aromatic carbocycles. The van der Waals surface area contributed by atoms with Gasteiger partial charge in [-0.05, 0) is 111 Å². The number of carbonyl (C=O) groups is 6. The number of aliphatic hydroxyl groups excluding tert-OH is 2. The highest BCUT2D eigenvalue weighted by atomic mass is 16.7. The van der Waals surface area contributed by atoms with Crippen molar-refractivity contribution in [1.82, 2.24) is 36.3 Å². The number of rotatable bonds is 16. The summed E-state index contributed by atoms with van der Waals surface area (Å²) in [7, 11) is 0. The largest absolute Gasteiger partial charge is 0.481 e. The third-order valence-electron chi connectivity index (χ3n) is 17.4. The van der Waals surface area contributed by atoms with Crippen LogP contribution in [0.15, 0.2) is 78.7 Å². The van der Waals surface area contributed by atoms with Gasteiger partial charge < -0.3 is 40.7 Å². The Morgan fingerprint density at radius 2 is 1.63 bits per heavy atom. The Morgan fingerprint density at radius 1 is 0.915 bits per heavy atom. The topological polar surface area (TPSA) is 269 Å². The van der Waals surface area contributed by atoms with Crippen LogP contribution in [0.4, 0.5) is 0 Å². The Balaban J connectivity index is 0.688. The van der Waals surface area contributed by atoms with Gasteiger partial charge in [-0.1, -0.05) is 74.0 Å². The fraction of sp³-hybridized carbons (Fsp3) is 0.547. The van der Waals surface area contributed by atoms with Crippen molar-refractivity contribution in [3.63, 3.8) is 0 Å². The lowest BCUT2D eigenvalue weighted by Gasteiger charge is -2.59. The highest BCUT2D eigenvalue weighted by molar-refractivity contribution is 6.01. The number of nitrogens with zero attached hydrogens (tertiary/aromatic N) is 4. The van der Waals surface area contributed by atoms with E-state index in [1.807, 2.05) is 25.1 Å². The molecule has 3 aromatic rings. The molecule has 1 aromatic heterocycles. The number of benzene rings is 2. The molecule has 18 nitrogen and oxygen atoms in total. The van der Waals surface area contributed by atoms with E-state index in [2.05, 4.69) is 55.4 Å². The molecule has 18 heteroatoms. The molecular formula is C53H61N7O11. The minimum atomic E-state index is -1.42. The van der Waals surface area contributed by atoms with Gasteiger partial charge in [0.1, 0.15) is 12.6 Å².